The van der Waals surface area contributed by atoms with Gasteiger partial charge in [-0.3, -0.25) is 4.79 Å². The van der Waals surface area contributed by atoms with Crippen LogP contribution in [0.2, 0.25) is 0 Å². The second-order valence-corrected chi connectivity index (χ2v) is 5.72. The number of aryl methyl sites for hydroxylation is 1. The highest BCUT2D eigenvalue weighted by Crippen LogP contribution is 2.15. The zero-order valence-electron chi connectivity index (χ0n) is 12.0. The quantitative estimate of drug-likeness (QED) is 0.770. The second kappa shape index (κ2) is 7.64. The number of nitrogen functional groups attached to an aromatic ring is 1. The molecular formula is C15H19N3O2S. The van der Waals surface area contributed by atoms with Crippen molar-refractivity contribution in [3.05, 3.63) is 40.3 Å². The van der Waals surface area contributed by atoms with E-state index in [4.69, 9.17) is 10.5 Å². The molecule has 0 spiro atoms. The number of hydrogen-bond acceptors (Lipinski definition) is 5. The molecule has 2 rings (SSSR count). The fourth-order valence-electron chi connectivity index (χ4n) is 1.72. The number of hydrogen-bond donors (Lipinski definition) is 2. The summed E-state index contributed by atoms with van der Waals surface area (Å²) in [5.41, 5.74) is 6.30. The molecule has 0 atom stereocenters. The van der Waals surface area contributed by atoms with Gasteiger partial charge in [-0.15, -0.1) is 11.3 Å². The molecule has 112 valence electrons. The lowest BCUT2D eigenvalue weighted by atomic mass is 10.3. The fourth-order valence-corrected chi connectivity index (χ4v) is 2.52. The number of anilines is 1. The van der Waals surface area contributed by atoms with Gasteiger partial charge in [0, 0.05) is 22.8 Å². The average Bonchev–Trinajstić information content (AvgIpc) is 2.93. The van der Waals surface area contributed by atoms with E-state index in [1.807, 2.05) is 18.3 Å². The highest BCUT2D eigenvalue weighted by molar-refractivity contribution is 7.11. The van der Waals surface area contributed by atoms with E-state index >= 15 is 0 Å². The Kier molecular flexibility index (Phi) is 5.57. The number of nitrogens with two attached hydrogens (primary N) is 1. The Morgan fingerprint density at radius 1 is 1.48 bits per heavy atom. The third kappa shape index (κ3) is 5.07. The highest BCUT2D eigenvalue weighted by atomic mass is 32.1. The van der Waals surface area contributed by atoms with Crippen LogP contribution in [0.5, 0.6) is 5.75 Å². The summed E-state index contributed by atoms with van der Waals surface area (Å²) in [4.78, 5) is 17.2. The van der Waals surface area contributed by atoms with Crippen molar-refractivity contribution in [2.45, 2.75) is 26.3 Å². The van der Waals surface area contributed by atoms with Crippen molar-refractivity contribution < 1.29 is 9.53 Å². The number of nitrogens with one attached hydrogen (secondary N) is 1. The molecule has 2 aromatic rings. The van der Waals surface area contributed by atoms with Gasteiger partial charge in [0.15, 0.2) is 0 Å². The van der Waals surface area contributed by atoms with Gasteiger partial charge in [-0.1, -0.05) is 13.0 Å². The van der Waals surface area contributed by atoms with Crippen molar-refractivity contribution in [1.29, 1.82) is 0 Å². The van der Waals surface area contributed by atoms with E-state index in [1.165, 1.54) is 4.88 Å². The van der Waals surface area contributed by atoms with Crippen LogP contribution in [0.1, 0.15) is 23.2 Å². The van der Waals surface area contributed by atoms with E-state index in [0.29, 0.717) is 31.0 Å². The molecule has 0 aliphatic rings. The van der Waals surface area contributed by atoms with Gasteiger partial charge in [0.1, 0.15) is 10.8 Å². The van der Waals surface area contributed by atoms with Crippen molar-refractivity contribution in [3.8, 4) is 5.75 Å². The molecule has 3 N–H and O–H groups in total. The largest absolute Gasteiger partial charge is 0.493 e. The Morgan fingerprint density at radius 3 is 3.05 bits per heavy atom. The number of benzene rings is 1. The number of carbonyl (C=O) groups is 1. The lowest BCUT2D eigenvalue weighted by Crippen LogP contribution is -2.24. The standard InChI is InChI=1S/C15H19N3O2S/c1-2-13-9-18-15(21-13)10-17-14(19)6-7-20-12-5-3-4-11(16)8-12/h3-5,8-9H,2,6-7,10,16H2,1H3,(H,17,19). The lowest BCUT2D eigenvalue weighted by Gasteiger charge is -2.07. The molecule has 1 aromatic carbocycles. The Hall–Kier alpha value is -2.08. The normalized spacial score (nSPS) is 10.3. The predicted molar refractivity (Wildman–Crippen MR) is 84.3 cm³/mol. The SMILES string of the molecule is CCc1cnc(CNC(=O)CCOc2cccc(N)c2)s1. The Morgan fingerprint density at radius 2 is 2.33 bits per heavy atom. The van der Waals surface area contributed by atoms with E-state index in [9.17, 15) is 4.79 Å². The molecule has 1 amide bonds. The van der Waals surface area contributed by atoms with Gasteiger partial charge in [0.05, 0.1) is 19.6 Å². The van der Waals surface area contributed by atoms with Gasteiger partial charge in [-0.05, 0) is 18.6 Å². The maximum absolute atomic E-state index is 11.7. The van der Waals surface area contributed by atoms with Crippen molar-refractivity contribution in [2.24, 2.45) is 0 Å². The number of aromatic nitrogens is 1. The first kappa shape index (κ1) is 15.3. The minimum Gasteiger partial charge on any atom is -0.493 e. The Bertz CT molecular complexity index is 598. The topological polar surface area (TPSA) is 77.2 Å². The molecule has 1 heterocycles. The first-order chi connectivity index (χ1) is 10.2. The monoisotopic (exact) mass is 305 g/mol. The summed E-state index contributed by atoms with van der Waals surface area (Å²) in [5, 5.41) is 3.77. The molecule has 0 unspecified atom stereocenters. The van der Waals surface area contributed by atoms with Crippen LogP contribution < -0.4 is 15.8 Å². The van der Waals surface area contributed by atoms with Crippen molar-refractivity contribution in [3.63, 3.8) is 0 Å². The van der Waals surface area contributed by atoms with Crippen LogP contribution in [0, 0.1) is 0 Å². The zero-order chi connectivity index (χ0) is 15.1. The minimum absolute atomic E-state index is 0.0489. The summed E-state index contributed by atoms with van der Waals surface area (Å²) in [5.74, 6) is 0.627. The summed E-state index contributed by atoms with van der Waals surface area (Å²) in [6.45, 7) is 2.89. The first-order valence-corrected chi connectivity index (χ1v) is 7.67. The minimum atomic E-state index is -0.0489. The zero-order valence-corrected chi connectivity index (χ0v) is 12.8. The van der Waals surface area contributed by atoms with Crippen LogP contribution >= 0.6 is 11.3 Å². The smallest absolute Gasteiger partial charge is 0.223 e. The summed E-state index contributed by atoms with van der Waals surface area (Å²) >= 11 is 1.63. The lowest BCUT2D eigenvalue weighted by molar-refractivity contribution is -0.121. The van der Waals surface area contributed by atoms with Crippen LogP contribution in [0.25, 0.3) is 0 Å². The van der Waals surface area contributed by atoms with Crippen molar-refractivity contribution in [2.75, 3.05) is 12.3 Å². The summed E-state index contributed by atoms with van der Waals surface area (Å²) < 4.78 is 5.48. The van der Waals surface area contributed by atoms with Gasteiger partial charge < -0.3 is 15.8 Å². The second-order valence-electron chi connectivity index (χ2n) is 4.52. The maximum Gasteiger partial charge on any atom is 0.223 e. The van der Waals surface area contributed by atoms with Gasteiger partial charge in [0.2, 0.25) is 5.91 Å². The van der Waals surface area contributed by atoms with Gasteiger partial charge in [-0.25, -0.2) is 4.98 Å². The molecule has 5 nitrogen and oxygen atoms in total. The molecule has 0 saturated heterocycles. The molecule has 0 fully saturated rings. The molecule has 0 bridgehead atoms. The molecular weight excluding hydrogens is 286 g/mol. The highest BCUT2D eigenvalue weighted by Gasteiger charge is 2.05. The molecule has 0 radical (unpaired) electrons. The Labute approximate surface area is 128 Å². The number of ether oxygens (including phenoxy) is 1. The average molecular weight is 305 g/mol. The molecule has 0 aliphatic heterocycles. The molecule has 21 heavy (non-hydrogen) atoms. The number of amides is 1. The summed E-state index contributed by atoms with van der Waals surface area (Å²) in [6, 6.07) is 7.16. The molecule has 0 saturated carbocycles. The fraction of sp³-hybridized carbons (Fsp3) is 0.333. The van der Waals surface area contributed by atoms with Gasteiger partial charge in [0.25, 0.3) is 0 Å². The van der Waals surface area contributed by atoms with Crippen molar-refractivity contribution in [1.82, 2.24) is 10.3 Å². The van der Waals surface area contributed by atoms with Crippen LogP contribution in [-0.4, -0.2) is 17.5 Å². The third-order valence-corrected chi connectivity index (χ3v) is 3.98. The van der Waals surface area contributed by atoms with Gasteiger partial charge >= 0.3 is 0 Å². The van der Waals surface area contributed by atoms with E-state index in [-0.39, 0.29) is 5.91 Å². The van der Waals surface area contributed by atoms with E-state index in [0.717, 1.165) is 11.4 Å². The summed E-state index contributed by atoms with van der Waals surface area (Å²) in [6.07, 6.45) is 3.13. The van der Waals surface area contributed by atoms with Crippen LogP contribution in [0.4, 0.5) is 5.69 Å². The number of nitrogens with zero attached hydrogens (tertiary/aromatic N) is 1. The van der Waals surface area contributed by atoms with Gasteiger partial charge in [-0.2, -0.15) is 0 Å². The maximum atomic E-state index is 11.7. The van der Waals surface area contributed by atoms with Crippen molar-refractivity contribution >= 4 is 22.9 Å². The molecule has 1 aromatic heterocycles. The molecule has 0 aliphatic carbocycles. The number of carbonyl (C=O) groups excluding carboxylic acids is 1. The van der Waals surface area contributed by atoms with Crippen LogP contribution in [0.15, 0.2) is 30.5 Å². The third-order valence-electron chi connectivity index (χ3n) is 2.84. The van der Waals surface area contributed by atoms with Crippen LogP contribution in [-0.2, 0) is 17.8 Å². The van der Waals surface area contributed by atoms with Crippen LogP contribution in [0.3, 0.4) is 0 Å². The first-order valence-electron chi connectivity index (χ1n) is 6.86. The van der Waals surface area contributed by atoms with E-state index < -0.39 is 0 Å². The van der Waals surface area contributed by atoms with E-state index in [2.05, 4.69) is 17.2 Å². The number of thiazole rings is 1. The Balaban J connectivity index is 1.67. The molecule has 6 heteroatoms. The predicted octanol–water partition coefficient (Wildman–Crippen LogP) is 2.37. The summed E-state index contributed by atoms with van der Waals surface area (Å²) in [7, 11) is 0. The number of rotatable bonds is 7. The van der Waals surface area contributed by atoms with E-state index in [1.54, 1.807) is 23.5 Å².